The van der Waals surface area contributed by atoms with Crippen molar-refractivity contribution in [2.75, 3.05) is 12.8 Å². The van der Waals surface area contributed by atoms with Gasteiger partial charge in [0.25, 0.3) is 0 Å². The molecule has 1 aromatic rings. The van der Waals surface area contributed by atoms with Gasteiger partial charge in [0.15, 0.2) is 0 Å². The average molecular weight is 260 g/mol. The molecule has 0 amide bonds. The summed E-state index contributed by atoms with van der Waals surface area (Å²) >= 11 is 3.30. The molecular formula is C10H18BrN3. The van der Waals surface area contributed by atoms with Crippen LogP contribution in [0.3, 0.4) is 0 Å². The van der Waals surface area contributed by atoms with Crippen LogP contribution >= 0.6 is 15.9 Å². The topological polar surface area (TPSA) is 50.9 Å². The van der Waals surface area contributed by atoms with Crippen LogP contribution in [-0.4, -0.2) is 12.0 Å². The minimum absolute atomic E-state index is 0.193. The van der Waals surface area contributed by atoms with Gasteiger partial charge in [-0.05, 0) is 36.0 Å². The minimum atomic E-state index is 0.193. The zero-order valence-corrected chi connectivity index (χ0v) is 10.7. The van der Waals surface area contributed by atoms with Gasteiger partial charge in [-0.1, -0.05) is 13.8 Å². The molecule has 0 aliphatic carbocycles. The van der Waals surface area contributed by atoms with Gasteiger partial charge in [-0.2, -0.15) is 0 Å². The second kappa shape index (κ2) is 6.79. The van der Waals surface area contributed by atoms with E-state index >= 15 is 0 Å². The Bertz CT molecular complexity index is 276. The number of hydrogen-bond acceptors (Lipinski definition) is 3. The molecule has 1 unspecified atom stereocenters. The van der Waals surface area contributed by atoms with E-state index in [4.69, 9.17) is 5.73 Å². The predicted octanol–water partition coefficient (Wildman–Crippen LogP) is 2.73. The highest BCUT2D eigenvalue weighted by atomic mass is 79.9. The molecule has 0 aromatic carbocycles. The molecule has 80 valence electrons. The Hall–Kier alpha value is -0.610. The molecule has 0 aliphatic rings. The van der Waals surface area contributed by atoms with Gasteiger partial charge in [0.05, 0.1) is 11.4 Å². The monoisotopic (exact) mass is 259 g/mol. The van der Waals surface area contributed by atoms with Crippen molar-refractivity contribution < 1.29 is 0 Å². The summed E-state index contributed by atoms with van der Waals surface area (Å²) in [6, 6.07) is 2.05. The number of nitrogen functional groups attached to an aromatic ring is 1. The third kappa shape index (κ3) is 3.64. The highest BCUT2D eigenvalue weighted by Crippen LogP contribution is 2.20. The van der Waals surface area contributed by atoms with Crippen molar-refractivity contribution in [1.82, 2.24) is 10.3 Å². The van der Waals surface area contributed by atoms with Crippen molar-refractivity contribution in [2.24, 2.45) is 0 Å². The van der Waals surface area contributed by atoms with Crippen molar-refractivity contribution in [3.8, 4) is 0 Å². The summed E-state index contributed by atoms with van der Waals surface area (Å²) < 4.78 is 0.909. The number of nitrogens with one attached hydrogen (secondary N) is 1. The molecule has 0 radical (unpaired) electrons. The van der Waals surface area contributed by atoms with Gasteiger partial charge >= 0.3 is 0 Å². The van der Waals surface area contributed by atoms with Crippen LogP contribution in [0.2, 0.25) is 0 Å². The Labute approximate surface area is 94.2 Å². The SMILES string of the molecule is CC.CNC(C)c1ncc(Br)cc1N. The lowest BCUT2D eigenvalue weighted by molar-refractivity contribution is 0.635. The summed E-state index contributed by atoms with van der Waals surface area (Å²) in [6.07, 6.45) is 1.75. The maximum atomic E-state index is 5.77. The van der Waals surface area contributed by atoms with Crippen molar-refractivity contribution in [1.29, 1.82) is 0 Å². The average Bonchev–Trinajstić information content (AvgIpc) is 2.20. The second-order valence-corrected chi connectivity index (χ2v) is 3.55. The number of halogens is 1. The normalized spacial score (nSPS) is 11.5. The Morgan fingerprint density at radius 1 is 1.50 bits per heavy atom. The third-order valence-electron chi connectivity index (χ3n) is 1.76. The van der Waals surface area contributed by atoms with Gasteiger partial charge in [-0.3, -0.25) is 4.98 Å². The molecule has 1 atom stereocenters. The van der Waals surface area contributed by atoms with E-state index in [-0.39, 0.29) is 6.04 Å². The summed E-state index contributed by atoms with van der Waals surface area (Å²) in [5.41, 5.74) is 7.37. The first kappa shape index (κ1) is 13.4. The lowest BCUT2D eigenvalue weighted by atomic mass is 10.2. The van der Waals surface area contributed by atoms with Crippen molar-refractivity contribution in [3.05, 3.63) is 22.4 Å². The van der Waals surface area contributed by atoms with Crippen LogP contribution in [0.5, 0.6) is 0 Å². The van der Waals surface area contributed by atoms with E-state index in [9.17, 15) is 0 Å². The largest absolute Gasteiger partial charge is 0.397 e. The summed E-state index contributed by atoms with van der Waals surface area (Å²) in [4.78, 5) is 4.21. The molecule has 3 N–H and O–H groups in total. The van der Waals surface area contributed by atoms with E-state index in [0.717, 1.165) is 10.2 Å². The molecule has 1 rings (SSSR count). The molecule has 4 heteroatoms. The molecular weight excluding hydrogens is 242 g/mol. The van der Waals surface area contributed by atoms with Gasteiger partial charge in [0.1, 0.15) is 0 Å². The van der Waals surface area contributed by atoms with Gasteiger partial charge in [0.2, 0.25) is 0 Å². The number of nitrogens with two attached hydrogens (primary N) is 1. The van der Waals surface area contributed by atoms with E-state index in [2.05, 4.69) is 26.2 Å². The Morgan fingerprint density at radius 2 is 2.07 bits per heavy atom. The number of anilines is 1. The van der Waals surface area contributed by atoms with E-state index < -0.39 is 0 Å². The number of aromatic nitrogens is 1. The lowest BCUT2D eigenvalue weighted by Gasteiger charge is -2.11. The van der Waals surface area contributed by atoms with Crippen LogP contribution in [0, 0.1) is 0 Å². The number of nitrogens with zero attached hydrogens (tertiary/aromatic N) is 1. The van der Waals surface area contributed by atoms with Gasteiger partial charge < -0.3 is 11.1 Å². The van der Waals surface area contributed by atoms with Gasteiger partial charge in [0, 0.05) is 16.7 Å². The predicted molar refractivity (Wildman–Crippen MR) is 65.2 cm³/mol. The highest BCUT2D eigenvalue weighted by Gasteiger charge is 2.07. The van der Waals surface area contributed by atoms with Crippen LogP contribution < -0.4 is 11.1 Å². The first-order chi connectivity index (χ1) is 6.65. The van der Waals surface area contributed by atoms with Crippen LogP contribution in [0.15, 0.2) is 16.7 Å². The number of pyridine rings is 1. The fourth-order valence-corrected chi connectivity index (χ4v) is 1.31. The second-order valence-electron chi connectivity index (χ2n) is 2.64. The van der Waals surface area contributed by atoms with E-state index in [1.807, 2.05) is 33.9 Å². The van der Waals surface area contributed by atoms with Crippen molar-refractivity contribution in [3.63, 3.8) is 0 Å². The van der Waals surface area contributed by atoms with E-state index in [1.54, 1.807) is 6.20 Å². The summed E-state index contributed by atoms with van der Waals surface area (Å²) in [5.74, 6) is 0. The lowest BCUT2D eigenvalue weighted by Crippen LogP contribution is -2.15. The zero-order chi connectivity index (χ0) is 11.1. The number of rotatable bonds is 2. The van der Waals surface area contributed by atoms with Crippen LogP contribution in [0.1, 0.15) is 32.5 Å². The molecule has 0 fully saturated rings. The summed E-state index contributed by atoms with van der Waals surface area (Å²) in [5, 5.41) is 3.08. The van der Waals surface area contributed by atoms with Gasteiger partial charge in [-0.15, -0.1) is 0 Å². The third-order valence-corrected chi connectivity index (χ3v) is 2.19. The zero-order valence-electron chi connectivity index (χ0n) is 9.13. The minimum Gasteiger partial charge on any atom is -0.397 e. The van der Waals surface area contributed by atoms with E-state index in [1.165, 1.54) is 0 Å². The van der Waals surface area contributed by atoms with Crippen LogP contribution in [0.4, 0.5) is 5.69 Å². The molecule has 0 saturated heterocycles. The van der Waals surface area contributed by atoms with Gasteiger partial charge in [-0.25, -0.2) is 0 Å². The van der Waals surface area contributed by atoms with E-state index in [0.29, 0.717) is 5.69 Å². The maximum Gasteiger partial charge on any atom is 0.0799 e. The molecule has 3 nitrogen and oxygen atoms in total. The van der Waals surface area contributed by atoms with Crippen LogP contribution in [0.25, 0.3) is 0 Å². The molecule has 14 heavy (non-hydrogen) atoms. The standard InChI is InChI=1S/C8H12BrN3.C2H6/c1-5(11-2)8-7(10)3-6(9)4-12-8;1-2/h3-5,11H,10H2,1-2H3;1-2H3. The molecule has 0 saturated carbocycles. The molecule has 0 aliphatic heterocycles. The highest BCUT2D eigenvalue weighted by molar-refractivity contribution is 9.10. The fourth-order valence-electron chi connectivity index (χ4n) is 0.964. The summed E-state index contributed by atoms with van der Waals surface area (Å²) in [6.45, 7) is 6.02. The molecule has 1 aromatic heterocycles. The molecule has 0 bridgehead atoms. The Morgan fingerprint density at radius 3 is 2.50 bits per heavy atom. The quantitative estimate of drug-likeness (QED) is 0.859. The fraction of sp³-hybridized carbons (Fsp3) is 0.500. The Balaban J connectivity index is 0.000000791. The Kier molecular flexibility index (Phi) is 6.49. The van der Waals surface area contributed by atoms with Crippen LogP contribution in [-0.2, 0) is 0 Å². The molecule has 0 spiro atoms. The number of hydrogen-bond donors (Lipinski definition) is 2. The van der Waals surface area contributed by atoms with Crippen molar-refractivity contribution in [2.45, 2.75) is 26.8 Å². The first-order valence-corrected chi connectivity index (χ1v) is 5.52. The van der Waals surface area contributed by atoms with Crippen molar-refractivity contribution >= 4 is 21.6 Å². The summed E-state index contributed by atoms with van der Waals surface area (Å²) in [7, 11) is 1.88. The molecule has 1 heterocycles. The maximum absolute atomic E-state index is 5.77. The first-order valence-electron chi connectivity index (χ1n) is 4.73. The smallest absolute Gasteiger partial charge is 0.0799 e.